The van der Waals surface area contributed by atoms with Crippen LogP contribution < -0.4 is 5.32 Å². The second-order valence-corrected chi connectivity index (χ2v) is 11.2. The Morgan fingerprint density at radius 3 is 2.59 bits per heavy atom. The van der Waals surface area contributed by atoms with Crippen molar-refractivity contribution < 1.29 is 32.2 Å². The first-order chi connectivity index (χ1) is 15.0. The van der Waals surface area contributed by atoms with E-state index >= 15 is 0 Å². The third-order valence-electron chi connectivity index (χ3n) is 6.65. The molecule has 0 heterocycles. The van der Waals surface area contributed by atoms with E-state index in [1.165, 1.54) is 18.2 Å². The molecule has 0 aliphatic heterocycles. The maximum atomic E-state index is 13.6. The molecule has 0 radical (unpaired) electrons. The number of amides is 1. The van der Waals surface area contributed by atoms with Gasteiger partial charge in [-0.05, 0) is 55.0 Å². The van der Waals surface area contributed by atoms with Crippen LogP contribution in [0.25, 0.3) is 0 Å². The minimum atomic E-state index is -4.05. The molecule has 2 aliphatic rings. The van der Waals surface area contributed by atoms with Crippen LogP contribution in [0.5, 0.6) is 0 Å². The molecule has 2 fully saturated rings. The number of carbonyl (C=O) groups is 1. The predicted octanol–water partition coefficient (Wildman–Crippen LogP) is 3.41. The molecule has 2 saturated carbocycles. The van der Waals surface area contributed by atoms with Crippen LogP contribution in [0.4, 0.5) is 14.5 Å². The highest BCUT2D eigenvalue weighted by molar-refractivity contribution is 7.92. The van der Waals surface area contributed by atoms with Crippen molar-refractivity contribution in [3.63, 3.8) is 0 Å². The van der Waals surface area contributed by atoms with Gasteiger partial charge in [0.2, 0.25) is 0 Å². The van der Waals surface area contributed by atoms with Gasteiger partial charge in [0.05, 0.1) is 27.4 Å². The highest BCUT2D eigenvalue weighted by Crippen LogP contribution is 2.57. The Morgan fingerprint density at radius 2 is 1.94 bits per heavy atom. The highest BCUT2D eigenvalue weighted by Gasteiger charge is 2.63. The molecule has 3 N–H and O–H groups in total. The number of carbonyl (C=O) groups excluding carboxylic acids is 1. The van der Waals surface area contributed by atoms with Crippen molar-refractivity contribution in [1.82, 2.24) is 0 Å². The molecular weight excluding hydrogens is 464 g/mol. The predicted molar refractivity (Wildman–Crippen MR) is 114 cm³/mol. The van der Waals surface area contributed by atoms with Gasteiger partial charge in [0, 0.05) is 23.2 Å². The Balaban J connectivity index is 1.67. The maximum absolute atomic E-state index is 13.6. The van der Waals surface area contributed by atoms with Crippen LogP contribution in [0.3, 0.4) is 0 Å². The van der Waals surface area contributed by atoms with Crippen molar-refractivity contribution in [2.24, 2.45) is 17.8 Å². The zero-order chi connectivity index (χ0) is 23.4. The normalized spacial score (nSPS) is 29.3. The van der Waals surface area contributed by atoms with E-state index in [4.69, 9.17) is 11.6 Å². The first-order valence-electron chi connectivity index (χ1n) is 10.1. The number of sulfone groups is 1. The van der Waals surface area contributed by atoms with E-state index in [-0.39, 0.29) is 39.4 Å². The van der Waals surface area contributed by atoms with Crippen molar-refractivity contribution in [2.45, 2.75) is 35.5 Å². The number of rotatable bonds is 5. The van der Waals surface area contributed by atoms with Gasteiger partial charge in [-0.3, -0.25) is 4.79 Å². The van der Waals surface area contributed by atoms with Crippen molar-refractivity contribution in [2.75, 3.05) is 11.9 Å². The molecule has 5 atom stereocenters. The summed E-state index contributed by atoms with van der Waals surface area (Å²) in [5, 5.41) is 21.9. The van der Waals surface area contributed by atoms with Crippen molar-refractivity contribution in [3.05, 3.63) is 58.6 Å². The van der Waals surface area contributed by atoms with Gasteiger partial charge in [0.25, 0.3) is 5.91 Å². The van der Waals surface area contributed by atoms with Gasteiger partial charge in [-0.15, -0.1) is 0 Å². The van der Waals surface area contributed by atoms with E-state index in [2.05, 4.69) is 5.32 Å². The lowest BCUT2D eigenvalue weighted by molar-refractivity contribution is -0.0710. The molecular formula is C22H22ClF2NO5S. The third-order valence-corrected chi connectivity index (χ3v) is 9.44. The number of fused-ring (bicyclic) bond motifs is 2. The Bertz CT molecular complexity index is 1190. The fourth-order valence-corrected chi connectivity index (χ4v) is 8.39. The molecule has 4 rings (SSSR count). The van der Waals surface area contributed by atoms with E-state index in [9.17, 15) is 32.2 Å². The van der Waals surface area contributed by atoms with E-state index in [0.29, 0.717) is 6.42 Å². The lowest BCUT2D eigenvalue weighted by Crippen LogP contribution is -2.45. The second-order valence-electron chi connectivity index (χ2n) is 8.70. The Morgan fingerprint density at radius 1 is 1.22 bits per heavy atom. The molecule has 0 spiro atoms. The Hall–Kier alpha value is -2.07. The number of aliphatic hydroxyl groups is 2. The molecule has 1 amide bonds. The van der Waals surface area contributed by atoms with Gasteiger partial charge in [-0.25, -0.2) is 17.2 Å². The molecule has 2 aliphatic carbocycles. The zero-order valence-electron chi connectivity index (χ0n) is 17.1. The number of halogens is 3. The molecule has 172 valence electrons. The Labute approximate surface area is 189 Å². The van der Waals surface area contributed by atoms with Crippen LogP contribution in [0.1, 0.15) is 30.1 Å². The quantitative estimate of drug-likeness (QED) is 0.602. The van der Waals surface area contributed by atoms with Gasteiger partial charge >= 0.3 is 0 Å². The molecule has 6 nitrogen and oxygen atoms in total. The first kappa shape index (κ1) is 23.1. The minimum Gasteiger partial charge on any atom is -0.393 e. The summed E-state index contributed by atoms with van der Waals surface area (Å²) in [4.78, 5) is 12.4. The zero-order valence-corrected chi connectivity index (χ0v) is 18.6. The van der Waals surface area contributed by atoms with Crippen LogP contribution >= 0.6 is 11.6 Å². The van der Waals surface area contributed by atoms with Gasteiger partial charge in [-0.1, -0.05) is 18.5 Å². The molecule has 32 heavy (non-hydrogen) atoms. The fraction of sp³-hybridized carbons (Fsp3) is 0.409. The number of aliphatic hydroxyl groups excluding tert-OH is 1. The molecule has 2 aromatic carbocycles. The van der Waals surface area contributed by atoms with Crippen LogP contribution in [-0.4, -0.2) is 42.0 Å². The average molecular weight is 486 g/mol. The standard InChI is InChI=1S/C22H22ClF2NO5S/c1-11-6-13-9-22(29,10-27)19(11)20(13)32(30,31)18-7-12(2-4-15(18)23)21(28)26-14-3-5-16(24)17(25)8-14/h2-5,7-8,11,13,19-20,27,29H,6,9-10H2,1H3,(H,26,28)/t11-,13?,19?,20+,22-/m0/s1. The molecule has 2 unspecified atom stereocenters. The van der Waals surface area contributed by atoms with Gasteiger partial charge in [-0.2, -0.15) is 0 Å². The summed E-state index contributed by atoms with van der Waals surface area (Å²) in [6.45, 7) is 1.31. The van der Waals surface area contributed by atoms with Crippen molar-refractivity contribution in [3.8, 4) is 0 Å². The highest BCUT2D eigenvalue weighted by atomic mass is 35.5. The average Bonchev–Trinajstić information content (AvgIpc) is 3.22. The minimum absolute atomic E-state index is 0.00364. The number of nitrogens with one attached hydrogen (secondary N) is 1. The fourth-order valence-electron chi connectivity index (χ4n) is 5.40. The summed E-state index contributed by atoms with van der Waals surface area (Å²) in [6.07, 6.45) is 0.779. The summed E-state index contributed by atoms with van der Waals surface area (Å²) in [5.41, 5.74) is -1.51. The van der Waals surface area contributed by atoms with Crippen molar-refractivity contribution >= 4 is 33.0 Å². The van der Waals surface area contributed by atoms with Gasteiger partial charge in [0.1, 0.15) is 0 Å². The van der Waals surface area contributed by atoms with Crippen LogP contribution in [-0.2, 0) is 9.84 Å². The number of hydrogen-bond acceptors (Lipinski definition) is 5. The van der Waals surface area contributed by atoms with E-state index in [1.807, 2.05) is 6.92 Å². The van der Waals surface area contributed by atoms with E-state index < -0.39 is 50.8 Å². The van der Waals surface area contributed by atoms with Crippen LogP contribution in [0, 0.1) is 29.4 Å². The lowest BCUT2D eigenvalue weighted by atomic mass is 9.78. The Kier molecular flexibility index (Phi) is 5.82. The molecule has 10 heteroatoms. The summed E-state index contributed by atoms with van der Waals surface area (Å²) >= 11 is 6.21. The summed E-state index contributed by atoms with van der Waals surface area (Å²) in [5.74, 6) is -4.02. The monoisotopic (exact) mass is 485 g/mol. The van der Waals surface area contributed by atoms with Gasteiger partial charge in [0.15, 0.2) is 21.5 Å². The van der Waals surface area contributed by atoms with Crippen LogP contribution in [0.15, 0.2) is 41.3 Å². The SMILES string of the molecule is C[C@H]1CC2C[C@](O)(CO)C1[C@@H]2S(=O)(=O)c1cc(C(=O)Nc2ccc(F)c(F)c2)ccc1Cl. The second kappa shape index (κ2) is 8.06. The van der Waals surface area contributed by atoms with Crippen molar-refractivity contribution in [1.29, 1.82) is 0 Å². The van der Waals surface area contributed by atoms with Gasteiger partial charge < -0.3 is 15.5 Å². The summed E-state index contributed by atoms with van der Waals surface area (Å²) < 4.78 is 53.7. The van der Waals surface area contributed by atoms with E-state index in [1.54, 1.807) is 0 Å². The van der Waals surface area contributed by atoms with E-state index in [0.717, 1.165) is 18.2 Å². The summed E-state index contributed by atoms with van der Waals surface area (Å²) in [7, 11) is -4.05. The topological polar surface area (TPSA) is 104 Å². The smallest absolute Gasteiger partial charge is 0.255 e. The molecule has 2 bridgehead atoms. The number of anilines is 1. The molecule has 0 aromatic heterocycles. The molecule has 0 saturated heterocycles. The third kappa shape index (κ3) is 3.71. The summed E-state index contributed by atoms with van der Waals surface area (Å²) in [6, 6.07) is 6.61. The largest absolute Gasteiger partial charge is 0.393 e. The number of benzene rings is 2. The lowest BCUT2D eigenvalue weighted by Gasteiger charge is -2.34. The maximum Gasteiger partial charge on any atom is 0.255 e. The molecule has 2 aromatic rings. The number of hydrogen-bond donors (Lipinski definition) is 3. The first-order valence-corrected chi connectivity index (χ1v) is 12.0. The van der Waals surface area contributed by atoms with Crippen LogP contribution in [0.2, 0.25) is 5.02 Å².